The first-order valence-corrected chi connectivity index (χ1v) is 6.65. The third-order valence-electron chi connectivity index (χ3n) is 3.07. The molecule has 0 saturated heterocycles. The topological polar surface area (TPSA) is 41.6 Å². The van der Waals surface area contributed by atoms with Crippen LogP contribution in [0.2, 0.25) is 0 Å². The lowest BCUT2D eigenvalue weighted by Gasteiger charge is -2.25. The van der Waals surface area contributed by atoms with Crippen LogP contribution in [-0.4, -0.2) is 38.6 Å². The summed E-state index contributed by atoms with van der Waals surface area (Å²) in [6.07, 6.45) is 1.45. The molecule has 4 nitrogen and oxygen atoms in total. The number of nitrogens with zero attached hydrogens (tertiary/aromatic N) is 1. The molecule has 0 bridgehead atoms. The predicted octanol–water partition coefficient (Wildman–Crippen LogP) is 2.21. The van der Waals surface area contributed by atoms with E-state index in [1.54, 1.807) is 7.11 Å². The molecule has 0 spiro atoms. The van der Waals surface area contributed by atoms with Gasteiger partial charge in [0.15, 0.2) is 0 Å². The zero-order chi connectivity index (χ0) is 14.3. The number of methoxy groups -OCH3 is 1. The third kappa shape index (κ3) is 4.91. The summed E-state index contributed by atoms with van der Waals surface area (Å²) < 4.78 is 5.24. The normalized spacial score (nSPS) is 12.3. The molecule has 1 unspecified atom stereocenters. The Morgan fingerprint density at radius 3 is 2.74 bits per heavy atom. The zero-order valence-corrected chi connectivity index (χ0v) is 12.3. The lowest BCUT2D eigenvalue weighted by atomic mass is 10.1. The van der Waals surface area contributed by atoms with Crippen molar-refractivity contribution in [3.63, 3.8) is 0 Å². The molecule has 1 N–H and O–H groups in total. The van der Waals surface area contributed by atoms with Crippen LogP contribution >= 0.6 is 0 Å². The number of carbonyl (C=O) groups excluding carboxylic acids is 1. The maximum atomic E-state index is 11.6. The van der Waals surface area contributed by atoms with Gasteiger partial charge in [0.2, 0.25) is 5.91 Å². The van der Waals surface area contributed by atoms with Gasteiger partial charge in [0.25, 0.3) is 0 Å². The molecule has 0 heterocycles. The van der Waals surface area contributed by atoms with Crippen molar-refractivity contribution >= 4 is 5.91 Å². The van der Waals surface area contributed by atoms with E-state index in [4.69, 9.17) is 4.74 Å². The number of carbonyl (C=O) groups is 1. The van der Waals surface area contributed by atoms with Gasteiger partial charge in [-0.25, -0.2) is 0 Å². The van der Waals surface area contributed by atoms with Gasteiger partial charge >= 0.3 is 0 Å². The Labute approximate surface area is 115 Å². The fourth-order valence-electron chi connectivity index (χ4n) is 1.97. The molecule has 0 aliphatic carbocycles. The van der Waals surface area contributed by atoms with E-state index in [9.17, 15) is 4.79 Å². The van der Waals surface area contributed by atoms with E-state index < -0.39 is 0 Å². The molecule has 1 amide bonds. The molecule has 0 fully saturated rings. The summed E-state index contributed by atoms with van der Waals surface area (Å²) in [5.41, 5.74) is 1.14. The SMILES string of the molecule is CCCC(=O)NCC(c1cccc(OC)c1)N(C)C. The molecular formula is C15H24N2O2. The summed E-state index contributed by atoms with van der Waals surface area (Å²) >= 11 is 0. The third-order valence-corrected chi connectivity index (χ3v) is 3.07. The number of amides is 1. The number of hydrogen-bond donors (Lipinski definition) is 1. The van der Waals surface area contributed by atoms with Gasteiger partial charge in [-0.05, 0) is 38.2 Å². The van der Waals surface area contributed by atoms with E-state index in [-0.39, 0.29) is 11.9 Å². The molecule has 0 aromatic heterocycles. The van der Waals surface area contributed by atoms with Gasteiger partial charge in [-0.2, -0.15) is 0 Å². The number of likely N-dealkylation sites (N-methyl/N-ethyl adjacent to an activating group) is 1. The van der Waals surface area contributed by atoms with Crippen molar-refractivity contribution in [3.05, 3.63) is 29.8 Å². The van der Waals surface area contributed by atoms with Crippen molar-refractivity contribution in [2.75, 3.05) is 27.7 Å². The molecule has 1 aromatic carbocycles. The number of hydrogen-bond acceptors (Lipinski definition) is 3. The van der Waals surface area contributed by atoms with Crippen LogP contribution < -0.4 is 10.1 Å². The second-order valence-corrected chi connectivity index (χ2v) is 4.81. The fourth-order valence-corrected chi connectivity index (χ4v) is 1.97. The standard InChI is InChI=1S/C15H24N2O2/c1-5-7-15(18)16-11-14(17(2)3)12-8-6-9-13(10-12)19-4/h6,8-10,14H,5,7,11H2,1-4H3,(H,16,18). The maximum Gasteiger partial charge on any atom is 0.220 e. The summed E-state index contributed by atoms with van der Waals surface area (Å²) in [5.74, 6) is 0.946. The number of ether oxygens (including phenoxy) is 1. The highest BCUT2D eigenvalue weighted by Crippen LogP contribution is 2.22. The summed E-state index contributed by atoms with van der Waals surface area (Å²) in [5, 5.41) is 2.98. The second kappa shape index (κ2) is 7.79. The molecule has 0 radical (unpaired) electrons. The van der Waals surface area contributed by atoms with Gasteiger partial charge in [-0.3, -0.25) is 4.79 Å². The van der Waals surface area contributed by atoms with Crippen LogP contribution in [-0.2, 0) is 4.79 Å². The highest BCUT2D eigenvalue weighted by atomic mass is 16.5. The fraction of sp³-hybridized carbons (Fsp3) is 0.533. The van der Waals surface area contributed by atoms with E-state index >= 15 is 0 Å². The largest absolute Gasteiger partial charge is 0.497 e. The van der Waals surface area contributed by atoms with E-state index in [1.165, 1.54) is 0 Å². The van der Waals surface area contributed by atoms with Crippen molar-refractivity contribution in [2.45, 2.75) is 25.8 Å². The Bertz CT molecular complexity index is 405. The molecule has 106 valence electrons. The van der Waals surface area contributed by atoms with Gasteiger partial charge in [-0.15, -0.1) is 0 Å². The summed E-state index contributed by atoms with van der Waals surface area (Å²) in [6, 6.07) is 8.11. The average molecular weight is 264 g/mol. The minimum absolute atomic E-state index is 0.109. The van der Waals surface area contributed by atoms with Crippen molar-refractivity contribution in [3.8, 4) is 5.75 Å². The second-order valence-electron chi connectivity index (χ2n) is 4.81. The summed E-state index contributed by atoms with van der Waals surface area (Å²) in [6.45, 7) is 2.62. The quantitative estimate of drug-likeness (QED) is 0.821. The van der Waals surface area contributed by atoms with E-state index in [2.05, 4.69) is 16.3 Å². The van der Waals surface area contributed by atoms with Crippen LogP contribution in [0.5, 0.6) is 5.75 Å². The van der Waals surface area contributed by atoms with Crippen molar-refractivity contribution in [2.24, 2.45) is 0 Å². The van der Waals surface area contributed by atoms with Crippen LogP contribution in [0, 0.1) is 0 Å². The Hall–Kier alpha value is -1.55. The molecule has 1 atom stereocenters. The molecule has 1 aromatic rings. The first-order valence-electron chi connectivity index (χ1n) is 6.65. The predicted molar refractivity (Wildman–Crippen MR) is 77.3 cm³/mol. The van der Waals surface area contributed by atoms with Crippen LogP contribution in [0.4, 0.5) is 0 Å². The monoisotopic (exact) mass is 264 g/mol. The van der Waals surface area contributed by atoms with Gasteiger partial charge < -0.3 is 15.0 Å². The number of benzene rings is 1. The Morgan fingerprint density at radius 2 is 2.16 bits per heavy atom. The lowest BCUT2D eigenvalue weighted by Crippen LogP contribution is -2.34. The minimum atomic E-state index is 0.109. The van der Waals surface area contributed by atoms with Crippen LogP contribution in [0.3, 0.4) is 0 Å². The average Bonchev–Trinajstić information content (AvgIpc) is 2.39. The van der Waals surface area contributed by atoms with Crippen molar-refractivity contribution in [1.82, 2.24) is 10.2 Å². The van der Waals surface area contributed by atoms with E-state index in [0.717, 1.165) is 17.7 Å². The summed E-state index contributed by atoms with van der Waals surface area (Å²) in [4.78, 5) is 13.7. The van der Waals surface area contributed by atoms with E-state index in [1.807, 2.05) is 39.2 Å². The zero-order valence-electron chi connectivity index (χ0n) is 12.3. The molecule has 1 rings (SSSR count). The van der Waals surface area contributed by atoms with E-state index in [0.29, 0.717) is 13.0 Å². The molecule has 0 aliphatic heterocycles. The van der Waals surface area contributed by atoms with Gasteiger partial charge in [-0.1, -0.05) is 19.1 Å². The molecule has 0 aliphatic rings. The number of nitrogens with one attached hydrogen (secondary N) is 1. The summed E-state index contributed by atoms with van der Waals surface area (Å²) in [7, 11) is 5.68. The molecular weight excluding hydrogens is 240 g/mol. The van der Waals surface area contributed by atoms with Gasteiger partial charge in [0.1, 0.15) is 5.75 Å². The highest BCUT2D eigenvalue weighted by molar-refractivity contribution is 5.75. The Morgan fingerprint density at radius 1 is 1.42 bits per heavy atom. The van der Waals surface area contributed by atoms with Gasteiger partial charge in [0, 0.05) is 13.0 Å². The van der Waals surface area contributed by atoms with Gasteiger partial charge in [0.05, 0.1) is 13.2 Å². The molecule has 4 heteroatoms. The maximum absolute atomic E-state index is 11.6. The minimum Gasteiger partial charge on any atom is -0.497 e. The Balaban J connectivity index is 2.73. The lowest BCUT2D eigenvalue weighted by molar-refractivity contribution is -0.121. The van der Waals surface area contributed by atoms with Crippen LogP contribution in [0.15, 0.2) is 24.3 Å². The van der Waals surface area contributed by atoms with Crippen LogP contribution in [0.25, 0.3) is 0 Å². The molecule has 0 saturated carbocycles. The first kappa shape index (κ1) is 15.5. The molecule has 19 heavy (non-hydrogen) atoms. The van der Waals surface area contributed by atoms with Crippen molar-refractivity contribution in [1.29, 1.82) is 0 Å². The van der Waals surface area contributed by atoms with Crippen LogP contribution in [0.1, 0.15) is 31.4 Å². The number of rotatable bonds is 7. The first-order chi connectivity index (χ1) is 9.08. The van der Waals surface area contributed by atoms with Crippen molar-refractivity contribution < 1.29 is 9.53 Å². The highest BCUT2D eigenvalue weighted by Gasteiger charge is 2.15. The Kier molecular flexibility index (Phi) is 6.36. The smallest absolute Gasteiger partial charge is 0.220 e.